The van der Waals surface area contributed by atoms with E-state index in [4.69, 9.17) is 0 Å². The lowest BCUT2D eigenvalue weighted by molar-refractivity contribution is 0.480. The zero-order valence-electron chi connectivity index (χ0n) is 14.3. The molecule has 2 rings (SSSR count). The molecular weight excluding hydrogens is 302 g/mol. The van der Waals surface area contributed by atoms with Crippen molar-refractivity contribution in [3.05, 3.63) is 36.0 Å². The first kappa shape index (κ1) is 18.1. The number of phenols is 1. The summed E-state index contributed by atoms with van der Waals surface area (Å²) in [5.74, 6) is 2.49. The molecule has 0 radical (unpaired) electrons. The number of pyridine rings is 1. The summed E-state index contributed by atoms with van der Waals surface area (Å²) in [6, 6.07) is 7.78. The summed E-state index contributed by atoms with van der Waals surface area (Å²) in [6.07, 6.45) is 12.7. The maximum atomic E-state index is 9.87. The van der Waals surface area contributed by atoms with Gasteiger partial charge in [-0.2, -0.15) is 11.8 Å². The number of benzene rings is 1. The van der Waals surface area contributed by atoms with Gasteiger partial charge in [0, 0.05) is 17.3 Å². The van der Waals surface area contributed by atoms with Crippen molar-refractivity contribution in [2.24, 2.45) is 0 Å². The van der Waals surface area contributed by atoms with E-state index in [1.807, 2.05) is 30.0 Å². The third-order valence-corrected chi connectivity index (χ3v) is 5.33. The summed E-state index contributed by atoms with van der Waals surface area (Å²) in [6.45, 7) is 2.27. The third kappa shape index (κ3) is 6.06. The van der Waals surface area contributed by atoms with Crippen LogP contribution in [0, 0.1) is 0 Å². The number of hydrogen-bond acceptors (Lipinski definition) is 3. The molecule has 1 aromatic heterocycles. The van der Waals surface area contributed by atoms with Crippen LogP contribution in [-0.4, -0.2) is 15.8 Å². The van der Waals surface area contributed by atoms with Gasteiger partial charge in [-0.1, -0.05) is 64.0 Å². The molecule has 0 spiro atoms. The van der Waals surface area contributed by atoms with Gasteiger partial charge in [-0.3, -0.25) is 4.98 Å². The summed E-state index contributed by atoms with van der Waals surface area (Å²) < 4.78 is 0. The van der Waals surface area contributed by atoms with Gasteiger partial charge in [-0.25, -0.2) is 0 Å². The fraction of sp³-hybridized carbons (Fsp3) is 0.550. The molecule has 1 N–H and O–H groups in total. The molecule has 0 aliphatic heterocycles. The molecule has 23 heavy (non-hydrogen) atoms. The van der Waals surface area contributed by atoms with Crippen molar-refractivity contribution in [2.75, 3.05) is 5.75 Å². The molecule has 0 bridgehead atoms. The van der Waals surface area contributed by atoms with Gasteiger partial charge in [0.25, 0.3) is 0 Å². The van der Waals surface area contributed by atoms with E-state index in [2.05, 4.69) is 11.9 Å². The predicted molar refractivity (Wildman–Crippen MR) is 102 cm³/mol. The Hall–Kier alpha value is -1.22. The van der Waals surface area contributed by atoms with Crippen LogP contribution in [0.1, 0.15) is 63.9 Å². The van der Waals surface area contributed by atoms with Crippen LogP contribution < -0.4 is 0 Å². The fourth-order valence-corrected chi connectivity index (χ4v) is 3.89. The zero-order chi connectivity index (χ0) is 16.3. The minimum absolute atomic E-state index is 0.275. The van der Waals surface area contributed by atoms with E-state index in [1.54, 1.807) is 12.3 Å². The van der Waals surface area contributed by atoms with Gasteiger partial charge in [0.2, 0.25) is 0 Å². The molecule has 2 aromatic rings. The standard InChI is InChI=1S/C20H29NOS/c1-2-3-4-5-6-7-8-9-15-23-16-17-12-13-19(22)20-18(17)11-10-14-21-20/h10-14,22H,2-9,15-16H2,1H3. The highest BCUT2D eigenvalue weighted by Gasteiger charge is 2.05. The number of nitrogens with zero attached hydrogens (tertiary/aromatic N) is 1. The molecular formula is C20H29NOS. The highest BCUT2D eigenvalue weighted by atomic mass is 32.2. The molecule has 0 saturated carbocycles. The Labute approximate surface area is 144 Å². The number of rotatable bonds is 11. The maximum absolute atomic E-state index is 9.87. The fourth-order valence-electron chi connectivity index (χ4n) is 2.86. The van der Waals surface area contributed by atoms with Gasteiger partial charge >= 0.3 is 0 Å². The topological polar surface area (TPSA) is 33.1 Å². The van der Waals surface area contributed by atoms with Crippen molar-refractivity contribution in [3.63, 3.8) is 0 Å². The number of thioether (sulfide) groups is 1. The molecule has 2 nitrogen and oxygen atoms in total. The predicted octanol–water partition coefficient (Wildman–Crippen LogP) is 6.31. The summed E-state index contributed by atoms with van der Waals surface area (Å²) in [5.41, 5.74) is 1.99. The van der Waals surface area contributed by atoms with Gasteiger partial charge in [0.05, 0.1) is 0 Å². The van der Waals surface area contributed by atoms with E-state index in [0.29, 0.717) is 0 Å². The van der Waals surface area contributed by atoms with Crippen molar-refractivity contribution < 1.29 is 5.11 Å². The normalized spacial score (nSPS) is 11.2. The third-order valence-electron chi connectivity index (χ3n) is 4.24. The first-order chi connectivity index (χ1) is 11.3. The Morgan fingerprint density at radius 1 is 0.957 bits per heavy atom. The van der Waals surface area contributed by atoms with E-state index in [1.165, 1.54) is 62.7 Å². The largest absolute Gasteiger partial charge is 0.506 e. The minimum atomic E-state index is 0.275. The SMILES string of the molecule is CCCCCCCCCCSCc1ccc(O)c2ncccc12. The van der Waals surface area contributed by atoms with Crippen LogP contribution in [-0.2, 0) is 5.75 Å². The first-order valence-corrected chi connectivity index (χ1v) is 10.1. The van der Waals surface area contributed by atoms with Crippen LogP contribution in [0.3, 0.4) is 0 Å². The van der Waals surface area contributed by atoms with Crippen molar-refractivity contribution in [3.8, 4) is 5.75 Å². The molecule has 1 heterocycles. The van der Waals surface area contributed by atoms with E-state index >= 15 is 0 Å². The molecule has 0 fully saturated rings. The summed E-state index contributed by atoms with van der Waals surface area (Å²) >= 11 is 1.99. The average molecular weight is 332 g/mol. The lowest BCUT2D eigenvalue weighted by Crippen LogP contribution is -1.89. The second-order valence-electron chi connectivity index (χ2n) is 6.17. The Morgan fingerprint density at radius 2 is 1.70 bits per heavy atom. The Kier molecular flexibility index (Phi) is 8.30. The molecule has 3 heteroatoms. The van der Waals surface area contributed by atoms with Gasteiger partial charge in [0.15, 0.2) is 0 Å². The molecule has 0 unspecified atom stereocenters. The quantitative estimate of drug-likeness (QED) is 0.489. The van der Waals surface area contributed by atoms with E-state index in [-0.39, 0.29) is 5.75 Å². The monoisotopic (exact) mass is 331 g/mol. The smallest absolute Gasteiger partial charge is 0.141 e. The minimum Gasteiger partial charge on any atom is -0.506 e. The van der Waals surface area contributed by atoms with Crippen molar-refractivity contribution in [1.82, 2.24) is 4.98 Å². The van der Waals surface area contributed by atoms with E-state index < -0.39 is 0 Å². The van der Waals surface area contributed by atoms with Gasteiger partial charge in [-0.15, -0.1) is 0 Å². The molecule has 0 atom stereocenters. The molecule has 0 amide bonds. The first-order valence-electron chi connectivity index (χ1n) is 8.96. The second kappa shape index (κ2) is 10.5. The Morgan fingerprint density at radius 3 is 2.48 bits per heavy atom. The van der Waals surface area contributed by atoms with E-state index in [9.17, 15) is 5.11 Å². The van der Waals surface area contributed by atoms with E-state index in [0.717, 1.165) is 16.7 Å². The van der Waals surface area contributed by atoms with Crippen LogP contribution in [0.5, 0.6) is 5.75 Å². The van der Waals surface area contributed by atoms with Crippen LogP contribution in [0.25, 0.3) is 10.9 Å². The number of aromatic nitrogens is 1. The Balaban J connectivity index is 1.65. The lowest BCUT2D eigenvalue weighted by Gasteiger charge is -2.07. The van der Waals surface area contributed by atoms with Crippen molar-refractivity contribution in [2.45, 2.75) is 64.0 Å². The molecule has 126 valence electrons. The van der Waals surface area contributed by atoms with Gasteiger partial charge in [0.1, 0.15) is 11.3 Å². The lowest BCUT2D eigenvalue weighted by atomic mass is 10.1. The van der Waals surface area contributed by atoms with Crippen molar-refractivity contribution in [1.29, 1.82) is 0 Å². The Bertz CT molecular complexity index is 585. The molecule has 0 aliphatic rings. The van der Waals surface area contributed by atoms with Gasteiger partial charge < -0.3 is 5.11 Å². The number of hydrogen-bond donors (Lipinski definition) is 1. The van der Waals surface area contributed by atoms with Crippen LogP contribution in [0.15, 0.2) is 30.5 Å². The summed E-state index contributed by atoms with van der Waals surface area (Å²) in [5, 5.41) is 11.0. The zero-order valence-corrected chi connectivity index (χ0v) is 15.1. The maximum Gasteiger partial charge on any atom is 0.141 e. The molecule has 0 saturated heterocycles. The summed E-state index contributed by atoms with van der Waals surface area (Å²) in [4.78, 5) is 4.28. The summed E-state index contributed by atoms with van der Waals surface area (Å²) in [7, 11) is 0. The highest BCUT2D eigenvalue weighted by molar-refractivity contribution is 7.98. The number of fused-ring (bicyclic) bond motifs is 1. The van der Waals surface area contributed by atoms with Crippen LogP contribution in [0.4, 0.5) is 0 Å². The van der Waals surface area contributed by atoms with Crippen LogP contribution in [0.2, 0.25) is 0 Å². The highest BCUT2D eigenvalue weighted by Crippen LogP contribution is 2.28. The molecule has 0 aliphatic carbocycles. The van der Waals surface area contributed by atoms with Crippen molar-refractivity contribution >= 4 is 22.7 Å². The van der Waals surface area contributed by atoms with Crippen LogP contribution >= 0.6 is 11.8 Å². The molecule has 1 aromatic carbocycles. The average Bonchev–Trinajstić information content (AvgIpc) is 2.58. The number of phenolic OH excluding ortho intramolecular Hbond substituents is 1. The number of aromatic hydroxyl groups is 1. The second-order valence-corrected chi connectivity index (χ2v) is 7.28. The number of unbranched alkanes of at least 4 members (excludes halogenated alkanes) is 7. The van der Waals surface area contributed by atoms with Gasteiger partial charge in [-0.05, 0) is 29.9 Å².